The molecule has 1 amide bonds. The first-order valence-electron chi connectivity index (χ1n) is 5.32. The average Bonchev–Trinajstić information content (AvgIpc) is 2.95. The first kappa shape index (κ1) is 8.92. The fraction of sp³-hybridized carbons (Fsp3) is 0.417. The number of aryl methyl sites for hydroxylation is 1. The molecule has 0 saturated carbocycles. The summed E-state index contributed by atoms with van der Waals surface area (Å²) in [7, 11) is 0. The Morgan fingerprint density at radius 1 is 1.40 bits per heavy atom. The smallest absolute Gasteiger partial charge is 0.224 e. The van der Waals surface area contributed by atoms with E-state index in [1.807, 2.05) is 12.1 Å². The predicted molar refractivity (Wildman–Crippen MR) is 56.7 cm³/mol. The first-order chi connectivity index (χ1) is 7.24. The standard InChI is InChI=1S/C12H13NO2/c1-7-12(15-7)9-2-4-10-8(6-9)3-5-11(14)13-10/h2,4,6-7,12H,3,5H2,1H3,(H,13,14). The van der Waals surface area contributed by atoms with Gasteiger partial charge in [-0.1, -0.05) is 12.1 Å². The van der Waals surface area contributed by atoms with E-state index in [4.69, 9.17) is 4.74 Å². The fourth-order valence-corrected chi connectivity index (χ4v) is 2.12. The molecule has 0 aromatic heterocycles. The third-order valence-electron chi connectivity index (χ3n) is 3.06. The lowest BCUT2D eigenvalue weighted by Crippen LogP contribution is -2.18. The zero-order valence-electron chi connectivity index (χ0n) is 8.62. The second-order valence-corrected chi connectivity index (χ2v) is 4.23. The van der Waals surface area contributed by atoms with Crippen molar-refractivity contribution in [2.24, 2.45) is 0 Å². The molecule has 2 atom stereocenters. The van der Waals surface area contributed by atoms with Crippen molar-refractivity contribution >= 4 is 11.6 Å². The van der Waals surface area contributed by atoms with Crippen LogP contribution >= 0.6 is 0 Å². The van der Waals surface area contributed by atoms with Crippen LogP contribution in [0, 0.1) is 0 Å². The first-order valence-corrected chi connectivity index (χ1v) is 5.32. The van der Waals surface area contributed by atoms with E-state index in [9.17, 15) is 4.79 Å². The van der Waals surface area contributed by atoms with Gasteiger partial charge in [0, 0.05) is 12.1 Å². The summed E-state index contributed by atoms with van der Waals surface area (Å²) in [5.41, 5.74) is 3.43. The summed E-state index contributed by atoms with van der Waals surface area (Å²) in [5, 5.41) is 2.88. The molecule has 0 bridgehead atoms. The molecular formula is C12H13NO2. The Morgan fingerprint density at radius 2 is 2.20 bits per heavy atom. The van der Waals surface area contributed by atoms with Crippen LogP contribution in [0.5, 0.6) is 0 Å². The number of nitrogens with one attached hydrogen (secondary N) is 1. The molecule has 0 aliphatic carbocycles. The van der Waals surface area contributed by atoms with Gasteiger partial charge in [0.1, 0.15) is 6.10 Å². The molecule has 1 saturated heterocycles. The summed E-state index contributed by atoms with van der Waals surface area (Å²) in [5.74, 6) is 0.117. The fourth-order valence-electron chi connectivity index (χ4n) is 2.12. The van der Waals surface area contributed by atoms with Gasteiger partial charge in [-0.2, -0.15) is 0 Å². The normalized spacial score (nSPS) is 28.2. The van der Waals surface area contributed by atoms with Crippen molar-refractivity contribution in [2.45, 2.75) is 32.0 Å². The molecule has 3 nitrogen and oxygen atoms in total. The van der Waals surface area contributed by atoms with Crippen molar-refractivity contribution in [2.75, 3.05) is 5.32 Å². The molecule has 78 valence electrons. The van der Waals surface area contributed by atoms with Crippen LogP contribution < -0.4 is 5.32 Å². The minimum absolute atomic E-state index is 0.117. The zero-order chi connectivity index (χ0) is 10.4. The quantitative estimate of drug-likeness (QED) is 0.709. The molecule has 1 aromatic rings. The molecule has 2 heterocycles. The zero-order valence-corrected chi connectivity index (χ0v) is 8.62. The number of epoxide rings is 1. The third-order valence-corrected chi connectivity index (χ3v) is 3.06. The number of carbonyl (C=O) groups is 1. The molecule has 0 radical (unpaired) electrons. The number of amides is 1. The van der Waals surface area contributed by atoms with E-state index >= 15 is 0 Å². The van der Waals surface area contributed by atoms with Crippen LogP contribution in [-0.4, -0.2) is 12.0 Å². The van der Waals surface area contributed by atoms with Crippen molar-refractivity contribution in [1.82, 2.24) is 0 Å². The van der Waals surface area contributed by atoms with E-state index in [0.29, 0.717) is 12.5 Å². The van der Waals surface area contributed by atoms with E-state index in [1.165, 1.54) is 11.1 Å². The largest absolute Gasteiger partial charge is 0.365 e. The Bertz CT molecular complexity index is 428. The third kappa shape index (κ3) is 1.53. The average molecular weight is 203 g/mol. The van der Waals surface area contributed by atoms with Gasteiger partial charge in [-0.3, -0.25) is 4.79 Å². The number of benzene rings is 1. The van der Waals surface area contributed by atoms with Gasteiger partial charge in [0.05, 0.1) is 6.10 Å². The van der Waals surface area contributed by atoms with Gasteiger partial charge >= 0.3 is 0 Å². The summed E-state index contributed by atoms with van der Waals surface area (Å²) >= 11 is 0. The number of fused-ring (bicyclic) bond motifs is 1. The lowest BCUT2D eigenvalue weighted by atomic mass is 9.99. The number of rotatable bonds is 1. The number of carbonyl (C=O) groups excluding carboxylic acids is 1. The number of ether oxygens (including phenoxy) is 1. The molecular weight excluding hydrogens is 190 g/mol. The van der Waals surface area contributed by atoms with Gasteiger partial charge in [0.15, 0.2) is 0 Å². The maximum Gasteiger partial charge on any atom is 0.224 e. The van der Waals surface area contributed by atoms with E-state index in [1.54, 1.807) is 0 Å². The summed E-state index contributed by atoms with van der Waals surface area (Å²) in [6.45, 7) is 2.08. The van der Waals surface area contributed by atoms with Crippen LogP contribution in [0.3, 0.4) is 0 Å². The van der Waals surface area contributed by atoms with Crippen LogP contribution in [0.1, 0.15) is 30.6 Å². The Labute approximate surface area is 88.4 Å². The number of anilines is 1. The van der Waals surface area contributed by atoms with Crippen molar-refractivity contribution < 1.29 is 9.53 Å². The highest BCUT2D eigenvalue weighted by atomic mass is 16.6. The second-order valence-electron chi connectivity index (χ2n) is 4.23. The Morgan fingerprint density at radius 3 is 2.93 bits per heavy atom. The van der Waals surface area contributed by atoms with E-state index in [2.05, 4.69) is 18.3 Å². The van der Waals surface area contributed by atoms with Crippen molar-refractivity contribution in [3.05, 3.63) is 29.3 Å². The van der Waals surface area contributed by atoms with Gasteiger partial charge in [0.2, 0.25) is 5.91 Å². The van der Waals surface area contributed by atoms with Gasteiger partial charge < -0.3 is 10.1 Å². The molecule has 0 spiro atoms. The number of hydrogen-bond acceptors (Lipinski definition) is 2. The summed E-state index contributed by atoms with van der Waals surface area (Å²) in [6.07, 6.45) is 2.06. The van der Waals surface area contributed by atoms with Crippen LogP contribution in [-0.2, 0) is 16.0 Å². The van der Waals surface area contributed by atoms with E-state index in [0.717, 1.165) is 12.1 Å². The highest BCUT2D eigenvalue weighted by Crippen LogP contribution is 2.39. The maximum atomic E-state index is 11.2. The van der Waals surface area contributed by atoms with Crippen molar-refractivity contribution in [3.63, 3.8) is 0 Å². The molecule has 1 fully saturated rings. The highest BCUT2D eigenvalue weighted by Gasteiger charge is 2.36. The lowest BCUT2D eigenvalue weighted by molar-refractivity contribution is -0.116. The van der Waals surface area contributed by atoms with Crippen molar-refractivity contribution in [1.29, 1.82) is 0 Å². The van der Waals surface area contributed by atoms with Crippen molar-refractivity contribution in [3.8, 4) is 0 Å². The van der Waals surface area contributed by atoms with E-state index in [-0.39, 0.29) is 12.0 Å². The highest BCUT2D eigenvalue weighted by molar-refractivity contribution is 5.93. The topological polar surface area (TPSA) is 41.6 Å². The van der Waals surface area contributed by atoms with Crippen LogP contribution in [0.25, 0.3) is 0 Å². The molecule has 3 rings (SSSR count). The minimum atomic E-state index is 0.117. The molecule has 2 unspecified atom stereocenters. The van der Waals surface area contributed by atoms with Crippen LogP contribution in [0.4, 0.5) is 5.69 Å². The van der Waals surface area contributed by atoms with Gasteiger partial charge in [-0.05, 0) is 30.5 Å². The molecule has 15 heavy (non-hydrogen) atoms. The monoisotopic (exact) mass is 203 g/mol. The SMILES string of the molecule is CC1OC1c1ccc2c(c1)CCC(=O)N2. The summed E-state index contributed by atoms with van der Waals surface area (Å²) in [4.78, 5) is 11.2. The minimum Gasteiger partial charge on any atom is -0.365 e. The summed E-state index contributed by atoms with van der Waals surface area (Å²) in [6, 6.07) is 6.18. The van der Waals surface area contributed by atoms with Crippen LogP contribution in [0.15, 0.2) is 18.2 Å². The molecule has 2 aliphatic rings. The Hall–Kier alpha value is -1.35. The molecule has 3 heteroatoms. The second kappa shape index (κ2) is 3.07. The van der Waals surface area contributed by atoms with Gasteiger partial charge in [-0.15, -0.1) is 0 Å². The number of hydrogen-bond donors (Lipinski definition) is 1. The van der Waals surface area contributed by atoms with Gasteiger partial charge in [-0.25, -0.2) is 0 Å². The maximum absolute atomic E-state index is 11.2. The Balaban J connectivity index is 1.93. The lowest BCUT2D eigenvalue weighted by Gasteiger charge is -2.17. The van der Waals surface area contributed by atoms with Gasteiger partial charge in [0.25, 0.3) is 0 Å². The van der Waals surface area contributed by atoms with Crippen LogP contribution in [0.2, 0.25) is 0 Å². The molecule has 1 aromatic carbocycles. The Kier molecular flexibility index (Phi) is 1.83. The van der Waals surface area contributed by atoms with E-state index < -0.39 is 0 Å². The predicted octanol–water partition coefficient (Wildman–Crippen LogP) is 2.03. The molecule has 1 N–H and O–H groups in total. The summed E-state index contributed by atoms with van der Waals surface area (Å²) < 4.78 is 5.43. The molecule has 2 aliphatic heterocycles.